The molecule has 0 unspecified atom stereocenters. The first-order valence-electron chi connectivity index (χ1n) is 9.14. The highest BCUT2D eigenvalue weighted by Gasteiger charge is 2.22. The Bertz CT molecular complexity index is 834. The molecule has 0 fully saturated rings. The fourth-order valence-electron chi connectivity index (χ4n) is 2.71. The Morgan fingerprint density at radius 1 is 1.00 bits per heavy atom. The van der Waals surface area contributed by atoms with E-state index in [-0.39, 0.29) is 19.1 Å². The Balaban J connectivity index is 1.78. The lowest BCUT2D eigenvalue weighted by molar-refractivity contribution is -0.145. The van der Waals surface area contributed by atoms with E-state index in [9.17, 15) is 14.4 Å². The average Bonchev–Trinajstić information content (AvgIpc) is 2.69. The summed E-state index contributed by atoms with van der Waals surface area (Å²) in [6.45, 7) is 3.42. The number of hydrogen-bond donors (Lipinski definition) is 2. The standard InChI is InChI=1S/C21H26N2O5/c1-14(2)10-18(21(26)27-3)23-19(24)12-22-20(25)13-28-17-9-8-15-6-4-5-7-16(15)11-17/h4-9,11,14,18H,10,12-13H2,1-3H3,(H,22,25)(H,23,24)/t18-/m0/s1. The minimum atomic E-state index is -0.733. The zero-order chi connectivity index (χ0) is 20.5. The van der Waals surface area contributed by atoms with Crippen molar-refractivity contribution in [1.29, 1.82) is 0 Å². The van der Waals surface area contributed by atoms with Crippen LogP contribution in [0.1, 0.15) is 20.3 Å². The van der Waals surface area contributed by atoms with Crippen molar-refractivity contribution in [2.24, 2.45) is 5.92 Å². The number of fused-ring (bicyclic) bond motifs is 1. The molecule has 0 saturated carbocycles. The molecule has 0 radical (unpaired) electrons. The monoisotopic (exact) mass is 386 g/mol. The van der Waals surface area contributed by atoms with Crippen LogP contribution < -0.4 is 15.4 Å². The van der Waals surface area contributed by atoms with Crippen molar-refractivity contribution in [3.63, 3.8) is 0 Å². The summed E-state index contributed by atoms with van der Waals surface area (Å²) in [6.07, 6.45) is 0.456. The maximum Gasteiger partial charge on any atom is 0.328 e. The highest BCUT2D eigenvalue weighted by molar-refractivity contribution is 5.88. The molecule has 2 amide bonds. The molecule has 2 aromatic rings. The molecule has 150 valence electrons. The molecule has 0 aliphatic heterocycles. The van der Waals surface area contributed by atoms with Gasteiger partial charge in [0.05, 0.1) is 13.7 Å². The molecule has 7 nitrogen and oxygen atoms in total. The number of esters is 1. The smallest absolute Gasteiger partial charge is 0.328 e. The van der Waals surface area contributed by atoms with Crippen molar-refractivity contribution in [1.82, 2.24) is 10.6 Å². The van der Waals surface area contributed by atoms with Crippen molar-refractivity contribution in [2.75, 3.05) is 20.3 Å². The molecule has 2 N–H and O–H groups in total. The number of carbonyl (C=O) groups is 3. The van der Waals surface area contributed by atoms with Gasteiger partial charge in [0.2, 0.25) is 5.91 Å². The minimum absolute atomic E-state index is 0.203. The summed E-state index contributed by atoms with van der Waals surface area (Å²) in [4.78, 5) is 35.7. The molecule has 0 heterocycles. The number of methoxy groups -OCH3 is 1. The summed E-state index contributed by atoms with van der Waals surface area (Å²) < 4.78 is 10.2. The zero-order valence-electron chi connectivity index (χ0n) is 16.4. The van der Waals surface area contributed by atoms with Crippen molar-refractivity contribution in [3.8, 4) is 5.75 Å². The van der Waals surface area contributed by atoms with Crippen LogP contribution in [0.5, 0.6) is 5.75 Å². The molecule has 0 bridgehead atoms. The van der Waals surface area contributed by atoms with E-state index in [4.69, 9.17) is 9.47 Å². The third-order valence-electron chi connectivity index (χ3n) is 4.07. The third kappa shape index (κ3) is 6.57. The third-order valence-corrected chi connectivity index (χ3v) is 4.07. The summed E-state index contributed by atoms with van der Waals surface area (Å²) in [5, 5.41) is 7.15. The van der Waals surface area contributed by atoms with E-state index in [1.807, 2.05) is 50.2 Å². The maximum absolute atomic E-state index is 12.0. The summed E-state index contributed by atoms with van der Waals surface area (Å²) in [5.41, 5.74) is 0. The van der Waals surface area contributed by atoms with Crippen molar-refractivity contribution in [3.05, 3.63) is 42.5 Å². The maximum atomic E-state index is 12.0. The van der Waals surface area contributed by atoms with Crippen molar-refractivity contribution in [2.45, 2.75) is 26.3 Å². The Kier molecular flexibility index (Phi) is 7.80. The second-order valence-electron chi connectivity index (χ2n) is 6.85. The Morgan fingerprint density at radius 2 is 1.71 bits per heavy atom. The summed E-state index contributed by atoms with van der Waals surface area (Å²) >= 11 is 0. The summed E-state index contributed by atoms with van der Waals surface area (Å²) in [7, 11) is 1.27. The van der Waals surface area contributed by atoms with Crippen molar-refractivity contribution >= 4 is 28.6 Å². The Hall–Kier alpha value is -3.09. The molecule has 0 aliphatic carbocycles. The molecule has 2 rings (SSSR count). The molecule has 0 saturated heterocycles. The number of nitrogens with one attached hydrogen (secondary N) is 2. The van der Waals surface area contributed by atoms with Gasteiger partial charge in [0.25, 0.3) is 5.91 Å². The first-order valence-corrected chi connectivity index (χ1v) is 9.14. The Morgan fingerprint density at radius 3 is 2.39 bits per heavy atom. The van der Waals surface area contributed by atoms with Gasteiger partial charge in [-0.3, -0.25) is 9.59 Å². The quantitative estimate of drug-likeness (QED) is 0.643. The molecule has 0 spiro atoms. The van der Waals surface area contributed by atoms with Crippen LogP contribution in [0.3, 0.4) is 0 Å². The molecule has 0 aromatic heterocycles. The second kappa shape index (κ2) is 10.3. The number of carbonyl (C=O) groups excluding carboxylic acids is 3. The normalized spacial score (nSPS) is 11.7. The van der Waals surface area contributed by atoms with E-state index in [2.05, 4.69) is 10.6 Å². The van der Waals surface area contributed by atoms with Crippen LogP contribution in [0.2, 0.25) is 0 Å². The molecular formula is C21H26N2O5. The topological polar surface area (TPSA) is 93.7 Å². The molecule has 0 aliphatic rings. The fourth-order valence-corrected chi connectivity index (χ4v) is 2.71. The number of amides is 2. The van der Waals surface area contributed by atoms with Crippen LogP contribution >= 0.6 is 0 Å². The van der Waals surface area contributed by atoms with E-state index in [0.29, 0.717) is 12.2 Å². The number of ether oxygens (including phenoxy) is 2. The van der Waals surface area contributed by atoms with Gasteiger partial charge >= 0.3 is 5.97 Å². The number of benzene rings is 2. The van der Waals surface area contributed by atoms with Gasteiger partial charge in [-0.15, -0.1) is 0 Å². The van der Waals surface area contributed by atoms with Gasteiger partial charge in [0.15, 0.2) is 6.61 Å². The first-order chi connectivity index (χ1) is 13.4. The molecule has 28 heavy (non-hydrogen) atoms. The van der Waals surface area contributed by atoms with Gasteiger partial charge in [-0.2, -0.15) is 0 Å². The van der Waals surface area contributed by atoms with Crippen LogP contribution in [0.4, 0.5) is 0 Å². The summed E-state index contributed by atoms with van der Waals surface area (Å²) in [5.74, 6) is -0.625. The average molecular weight is 386 g/mol. The lowest BCUT2D eigenvalue weighted by atomic mass is 10.0. The van der Waals surface area contributed by atoms with E-state index in [1.54, 1.807) is 6.07 Å². The molecular weight excluding hydrogens is 360 g/mol. The van der Waals surface area contributed by atoms with Crippen molar-refractivity contribution < 1.29 is 23.9 Å². The SMILES string of the molecule is COC(=O)[C@H](CC(C)C)NC(=O)CNC(=O)COc1ccc2ccccc2c1. The van der Waals surface area contributed by atoms with Crippen LogP contribution in [0.25, 0.3) is 10.8 Å². The minimum Gasteiger partial charge on any atom is -0.484 e. The highest BCUT2D eigenvalue weighted by atomic mass is 16.5. The Labute approximate surface area is 164 Å². The lowest BCUT2D eigenvalue weighted by Crippen LogP contribution is -2.47. The lowest BCUT2D eigenvalue weighted by Gasteiger charge is -2.18. The fraction of sp³-hybridized carbons (Fsp3) is 0.381. The van der Waals surface area contributed by atoms with Crippen LogP contribution in [0.15, 0.2) is 42.5 Å². The van der Waals surface area contributed by atoms with E-state index in [1.165, 1.54) is 7.11 Å². The summed E-state index contributed by atoms with van der Waals surface area (Å²) in [6, 6.07) is 12.6. The molecule has 1 atom stereocenters. The highest BCUT2D eigenvalue weighted by Crippen LogP contribution is 2.20. The van der Waals surface area contributed by atoms with Crippen LogP contribution in [-0.2, 0) is 19.1 Å². The van der Waals surface area contributed by atoms with Gasteiger partial charge in [-0.05, 0) is 35.2 Å². The van der Waals surface area contributed by atoms with Crippen LogP contribution in [0, 0.1) is 5.92 Å². The van der Waals surface area contributed by atoms with Gasteiger partial charge in [0.1, 0.15) is 11.8 Å². The van der Waals surface area contributed by atoms with Gasteiger partial charge < -0.3 is 20.1 Å². The van der Waals surface area contributed by atoms with Gasteiger partial charge in [-0.25, -0.2) is 4.79 Å². The predicted molar refractivity (Wildman–Crippen MR) is 106 cm³/mol. The van der Waals surface area contributed by atoms with E-state index >= 15 is 0 Å². The molecule has 7 heteroatoms. The number of rotatable bonds is 9. The van der Waals surface area contributed by atoms with E-state index in [0.717, 1.165) is 10.8 Å². The van der Waals surface area contributed by atoms with Gasteiger partial charge in [-0.1, -0.05) is 44.2 Å². The van der Waals surface area contributed by atoms with E-state index < -0.39 is 23.8 Å². The van der Waals surface area contributed by atoms with Crippen LogP contribution in [-0.4, -0.2) is 44.1 Å². The second-order valence-corrected chi connectivity index (χ2v) is 6.85. The largest absolute Gasteiger partial charge is 0.484 e. The van der Waals surface area contributed by atoms with Gasteiger partial charge in [0, 0.05) is 0 Å². The first kappa shape index (κ1) is 21.2. The predicted octanol–water partition coefficient (Wildman–Crippen LogP) is 2.04. The number of hydrogen-bond acceptors (Lipinski definition) is 5. The zero-order valence-corrected chi connectivity index (χ0v) is 16.4. The molecule has 2 aromatic carbocycles.